The fourth-order valence-electron chi connectivity index (χ4n) is 2.76. The Hall–Kier alpha value is -2.35. The molecule has 0 aromatic heterocycles. The molecule has 146 valence electrons. The molecule has 28 heavy (non-hydrogen) atoms. The Balaban J connectivity index is 1.76. The van der Waals surface area contributed by atoms with Crippen LogP contribution in [-0.4, -0.2) is 38.7 Å². The van der Waals surface area contributed by atoms with Crippen LogP contribution >= 0.6 is 23.2 Å². The highest BCUT2D eigenvalue weighted by Crippen LogP contribution is 2.24. The number of carbonyl (C=O) groups is 2. The minimum absolute atomic E-state index is 0.0773. The molecule has 0 saturated carbocycles. The highest BCUT2D eigenvalue weighted by atomic mass is 35.5. The quantitative estimate of drug-likeness (QED) is 0.665. The van der Waals surface area contributed by atoms with Crippen molar-refractivity contribution >= 4 is 50.6 Å². The molecule has 0 aliphatic carbocycles. The molecule has 1 aliphatic heterocycles. The molecule has 1 atom stereocenters. The summed E-state index contributed by atoms with van der Waals surface area (Å²) in [6, 6.07) is 12.2. The normalized spacial score (nSPS) is 17.3. The van der Waals surface area contributed by atoms with E-state index in [4.69, 9.17) is 27.9 Å². The first-order valence-corrected chi connectivity index (χ1v) is 10.6. The first-order valence-electron chi connectivity index (χ1n) is 8.17. The van der Waals surface area contributed by atoms with Crippen molar-refractivity contribution in [2.75, 3.05) is 17.3 Å². The third-order valence-corrected chi connectivity index (χ3v) is 5.95. The van der Waals surface area contributed by atoms with Crippen LogP contribution < -0.4 is 4.90 Å². The van der Waals surface area contributed by atoms with Gasteiger partial charge in [-0.2, -0.15) is 0 Å². The van der Waals surface area contributed by atoms with Crippen molar-refractivity contribution in [1.82, 2.24) is 0 Å². The Labute approximate surface area is 172 Å². The average Bonchev–Trinajstić information content (AvgIpc) is 3.00. The van der Waals surface area contributed by atoms with E-state index in [1.165, 1.54) is 29.2 Å². The summed E-state index contributed by atoms with van der Waals surface area (Å²) in [4.78, 5) is 26.3. The molecule has 1 aliphatic rings. The molecule has 0 radical (unpaired) electrons. The predicted molar refractivity (Wildman–Crippen MR) is 107 cm³/mol. The first kappa shape index (κ1) is 20.4. The maximum atomic E-state index is 12.8. The molecule has 2 aromatic carbocycles. The number of rotatable bonds is 5. The van der Waals surface area contributed by atoms with Gasteiger partial charge in [-0.25, -0.2) is 13.2 Å². The van der Waals surface area contributed by atoms with Crippen LogP contribution in [0.4, 0.5) is 5.69 Å². The minimum atomic E-state index is -3.38. The number of carbonyl (C=O) groups excluding carboxylic acids is 2. The number of para-hydroxylation sites is 1. The van der Waals surface area contributed by atoms with Gasteiger partial charge in [-0.1, -0.05) is 41.4 Å². The summed E-state index contributed by atoms with van der Waals surface area (Å²) < 4.78 is 28.7. The molecular formula is C19H15Cl2NO5S. The standard InChI is InChI=1S/C19H15Cl2NO5S/c20-13-6-7-16(17(21)10-13)19(24)27-11-18(23)22(14-4-2-1-3-5-14)15-8-9-28(25,26)12-15/h1-10,15H,11-12H2. The average molecular weight is 440 g/mol. The summed E-state index contributed by atoms with van der Waals surface area (Å²) in [6.07, 6.45) is 1.44. The number of ether oxygens (including phenoxy) is 1. The van der Waals surface area contributed by atoms with Gasteiger partial charge in [0, 0.05) is 16.1 Å². The molecule has 0 spiro atoms. The second-order valence-electron chi connectivity index (χ2n) is 6.02. The van der Waals surface area contributed by atoms with Crippen molar-refractivity contribution in [1.29, 1.82) is 0 Å². The van der Waals surface area contributed by atoms with Crippen molar-refractivity contribution in [2.24, 2.45) is 0 Å². The summed E-state index contributed by atoms with van der Waals surface area (Å²) >= 11 is 11.8. The van der Waals surface area contributed by atoms with E-state index in [9.17, 15) is 18.0 Å². The number of halogens is 2. The van der Waals surface area contributed by atoms with Gasteiger partial charge in [0.15, 0.2) is 16.4 Å². The van der Waals surface area contributed by atoms with E-state index in [0.29, 0.717) is 10.7 Å². The molecule has 2 aromatic rings. The summed E-state index contributed by atoms with van der Waals surface area (Å²) in [7, 11) is -3.38. The summed E-state index contributed by atoms with van der Waals surface area (Å²) in [5, 5.41) is 1.55. The molecule has 0 saturated heterocycles. The van der Waals surface area contributed by atoms with Crippen molar-refractivity contribution in [3.05, 3.63) is 75.6 Å². The number of esters is 1. The topological polar surface area (TPSA) is 80.8 Å². The van der Waals surface area contributed by atoms with Crippen LogP contribution in [-0.2, 0) is 19.4 Å². The number of hydrogen-bond acceptors (Lipinski definition) is 5. The van der Waals surface area contributed by atoms with Gasteiger partial charge in [0.05, 0.1) is 22.4 Å². The Morgan fingerprint density at radius 3 is 2.43 bits per heavy atom. The lowest BCUT2D eigenvalue weighted by atomic mass is 10.2. The molecule has 0 bridgehead atoms. The maximum Gasteiger partial charge on any atom is 0.340 e. The van der Waals surface area contributed by atoms with E-state index in [2.05, 4.69) is 0 Å². The number of nitrogens with zero attached hydrogens (tertiary/aromatic N) is 1. The van der Waals surface area contributed by atoms with Gasteiger partial charge in [0.1, 0.15) is 0 Å². The molecular weight excluding hydrogens is 425 g/mol. The van der Waals surface area contributed by atoms with Crippen LogP contribution in [0, 0.1) is 0 Å². The molecule has 6 nitrogen and oxygen atoms in total. The lowest BCUT2D eigenvalue weighted by Crippen LogP contribution is -2.43. The first-order chi connectivity index (χ1) is 13.3. The Morgan fingerprint density at radius 1 is 1.11 bits per heavy atom. The van der Waals surface area contributed by atoms with Gasteiger partial charge in [-0.3, -0.25) is 4.79 Å². The van der Waals surface area contributed by atoms with E-state index in [0.717, 1.165) is 5.41 Å². The second-order valence-corrected chi connectivity index (χ2v) is 8.80. The van der Waals surface area contributed by atoms with E-state index >= 15 is 0 Å². The molecule has 1 unspecified atom stereocenters. The zero-order valence-electron chi connectivity index (χ0n) is 14.4. The molecule has 3 rings (SSSR count). The van der Waals surface area contributed by atoms with Gasteiger partial charge in [0.25, 0.3) is 5.91 Å². The third kappa shape index (κ3) is 4.73. The summed E-state index contributed by atoms with van der Waals surface area (Å²) in [5.41, 5.74) is 0.577. The Kier molecular flexibility index (Phi) is 6.07. The monoisotopic (exact) mass is 439 g/mol. The zero-order chi connectivity index (χ0) is 20.3. The Bertz CT molecular complexity index is 1040. The van der Waals surface area contributed by atoms with E-state index in [-0.39, 0.29) is 16.3 Å². The number of amides is 1. The van der Waals surface area contributed by atoms with Crippen molar-refractivity contribution < 1.29 is 22.7 Å². The lowest BCUT2D eigenvalue weighted by Gasteiger charge is -2.27. The summed E-state index contributed by atoms with van der Waals surface area (Å²) in [5.74, 6) is -1.57. The van der Waals surface area contributed by atoms with Crippen LogP contribution in [0.25, 0.3) is 0 Å². The molecule has 0 fully saturated rings. The third-order valence-electron chi connectivity index (χ3n) is 4.02. The van der Waals surface area contributed by atoms with Gasteiger partial charge < -0.3 is 9.64 Å². The maximum absolute atomic E-state index is 12.8. The number of benzene rings is 2. The van der Waals surface area contributed by atoms with E-state index in [1.54, 1.807) is 30.3 Å². The minimum Gasteiger partial charge on any atom is -0.452 e. The van der Waals surface area contributed by atoms with Crippen molar-refractivity contribution in [2.45, 2.75) is 6.04 Å². The van der Waals surface area contributed by atoms with E-state index in [1.807, 2.05) is 0 Å². The highest BCUT2D eigenvalue weighted by molar-refractivity contribution is 7.94. The highest BCUT2D eigenvalue weighted by Gasteiger charge is 2.32. The van der Waals surface area contributed by atoms with Crippen molar-refractivity contribution in [3.63, 3.8) is 0 Å². The smallest absolute Gasteiger partial charge is 0.340 e. The van der Waals surface area contributed by atoms with Gasteiger partial charge in [-0.15, -0.1) is 0 Å². The second kappa shape index (κ2) is 8.34. The number of anilines is 1. The van der Waals surface area contributed by atoms with Gasteiger partial charge in [-0.05, 0) is 36.4 Å². The Morgan fingerprint density at radius 2 is 1.82 bits per heavy atom. The van der Waals surface area contributed by atoms with Crippen LogP contribution in [0.2, 0.25) is 10.0 Å². The molecule has 9 heteroatoms. The SMILES string of the molecule is O=C(OCC(=O)N(c1ccccc1)C1C=CS(=O)(=O)C1)c1ccc(Cl)cc1Cl. The largest absolute Gasteiger partial charge is 0.452 e. The van der Waals surface area contributed by atoms with Crippen LogP contribution in [0.1, 0.15) is 10.4 Å². The lowest BCUT2D eigenvalue weighted by molar-refractivity contribution is -0.121. The molecule has 0 N–H and O–H groups in total. The number of sulfone groups is 1. The van der Waals surface area contributed by atoms with Crippen molar-refractivity contribution in [3.8, 4) is 0 Å². The van der Waals surface area contributed by atoms with Crippen LogP contribution in [0.15, 0.2) is 60.0 Å². The predicted octanol–water partition coefficient (Wildman–Crippen LogP) is 3.49. The fraction of sp³-hybridized carbons (Fsp3) is 0.158. The van der Waals surface area contributed by atoms with Crippen LogP contribution in [0.3, 0.4) is 0 Å². The molecule has 1 heterocycles. The van der Waals surface area contributed by atoms with Gasteiger partial charge >= 0.3 is 5.97 Å². The number of hydrogen-bond donors (Lipinski definition) is 0. The zero-order valence-corrected chi connectivity index (χ0v) is 16.7. The van der Waals surface area contributed by atoms with Gasteiger partial charge in [0.2, 0.25) is 0 Å². The summed E-state index contributed by atoms with van der Waals surface area (Å²) in [6.45, 7) is -0.572. The van der Waals surface area contributed by atoms with Crippen LogP contribution in [0.5, 0.6) is 0 Å². The van der Waals surface area contributed by atoms with E-state index < -0.39 is 34.4 Å². The molecule has 1 amide bonds. The fourth-order valence-corrected chi connectivity index (χ4v) is 4.51.